The molecule has 0 atom stereocenters. The van der Waals surface area contributed by atoms with Crippen LogP contribution in [0.25, 0.3) is 0 Å². The fourth-order valence-corrected chi connectivity index (χ4v) is 2.44. The van der Waals surface area contributed by atoms with Gasteiger partial charge in [-0.25, -0.2) is 4.98 Å². The molecule has 112 valence electrons. The van der Waals surface area contributed by atoms with Gasteiger partial charge >= 0.3 is 0 Å². The molecule has 0 radical (unpaired) electrons. The zero-order valence-electron chi connectivity index (χ0n) is 11.6. The predicted octanol–water partition coefficient (Wildman–Crippen LogP) is 3.78. The molecule has 0 saturated heterocycles. The summed E-state index contributed by atoms with van der Waals surface area (Å²) in [6, 6.07) is 10.9. The minimum Gasteiger partial charge on any atom is -0.439 e. The lowest BCUT2D eigenvalue weighted by atomic mass is 10.3. The minimum atomic E-state index is 0.301. The first-order valence-corrected chi connectivity index (χ1v) is 7.57. The quantitative estimate of drug-likeness (QED) is 0.566. The van der Waals surface area contributed by atoms with Crippen LogP contribution in [0.15, 0.2) is 53.7 Å². The van der Waals surface area contributed by atoms with E-state index in [1.807, 2.05) is 43.6 Å². The minimum absolute atomic E-state index is 0.301. The van der Waals surface area contributed by atoms with E-state index in [0.29, 0.717) is 22.7 Å². The van der Waals surface area contributed by atoms with Crippen LogP contribution in [0, 0.1) is 0 Å². The third-order valence-electron chi connectivity index (χ3n) is 2.58. The molecule has 0 saturated carbocycles. The second kappa shape index (κ2) is 6.67. The molecule has 3 rings (SSSR count). The molecule has 0 fully saturated rings. The van der Waals surface area contributed by atoms with Gasteiger partial charge in [0.1, 0.15) is 10.9 Å². The summed E-state index contributed by atoms with van der Waals surface area (Å²) < 4.78 is 10.4. The Labute approximate surface area is 136 Å². The number of benzene rings is 1. The van der Waals surface area contributed by atoms with Crippen molar-refractivity contribution >= 4 is 29.5 Å². The topological polar surface area (TPSA) is 64.9 Å². The molecule has 1 N–H and O–H groups in total. The lowest BCUT2D eigenvalue weighted by Gasteiger charge is -2.07. The van der Waals surface area contributed by atoms with E-state index < -0.39 is 0 Å². The summed E-state index contributed by atoms with van der Waals surface area (Å²) in [5.74, 6) is 1.43. The zero-order chi connectivity index (χ0) is 15.4. The van der Waals surface area contributed by atoms with E-state index in [-0.39, 0.29) is 0 Å². The maximum Gasteiger partial charge on any atom is 0.237 e. The summed E-state index contributed by atoms with van der Waals surface area (Å²) in [5, 5.41) is 4.39. The highest BCUT2D eigenvalue weighted by atomic mass is 35.5. The van der Waals surface area contributed by atoms with Gasteiger partial charge in [0.25, 0.3) is 0 Å². The Balaban J connectivity index is 1.72. The summed E-state index contributed by atoms with van der Waals surface area (Å²) in [5.41, 5.74) is 0. The van der Waals surface area contributed by atoms with Crippen LogP contribution < -0.4 is 9.46 Å². The van der Waals surface area contributed by atoms with Crippen LogP contribution in [0.4, 0.5) is 5.95 Å². The smallest absolute Gasteiger partial charge is 0.237 e. The Morgan fingerprint density at radius 3 is 2.77 bits per heavy atom. The summed E-state index contributed by atoms with van der Waals surface area (Å²) in [6.07, 6.45) is 3.62. The molecular weight excluding hydrogens is 322 g/mol. The van der Waals surface area contributed by atoms with E-state index in [2.05, 4.69) is 19.8 Å². The van der Waals surface area contributed by atoms with Gasteiger partial charge in [-0.05, 0) is 24.1 Å². The molecule has 0 spiro atoms. The summed E-state index contributed by atoms with van der Waals surface area (Å²) in [6.45, 7) is 0. The van der Waals surface area contributed by atoms with Crippen LogP contribution in [0.5, 0.6) is 11.6 Å². The van der Waals surface area contributed by atoms with Gasteiger partial charge in [0, 0.05) is 19.3 Å². The van der Waals surface area contributed by atoms with E-state index in [4.69, 9.17) is 16.3 Å². The van der Waals surface area contributed by atoms with Crippen LogP contribution in [0.1, 0.15) is 0 Å². The first kappa shape index (κ1) is 14.7. The van der Waals surface area contributed by atoms with Gasteiger partial charge < -0.3 is 4.74 Å². The van der Waals surface area contributed by atoms with Crippen molar-refractivity contribution in [3.05, 3.63) is 53.9 Å². The Morgan fingerprint density at radius 1 is 1.23 bits per heavy atom. The average molecular weight is 334 g/mol. The monoisotopic (exact) mass is 333 g/mol. The highest BCUT2D eigenvalue weighted by Gasteiger charge is 2.06. The van der Waals surface area contributed by atoms with E-state index >= 15 is 0 Å². The number of hydrogen-bond donors (Lipinski definition) is 1. The molecular formula is C14H12ClN5OS. The van der Waals surface area contributed by atoms with Crippen molar-refractivity contribution in [2.75, 3.05) is 4.72 Å². The third kappa shape index (κ3) is 3.90. The molecule has 1 aromatic carbocycles. The Morgan fingerprint density at radius 2 is 2.05 bits per heavy atom. The highest BCUT2D eigenvalue weighted by molar-refractivity contribution is 8.00. The number of para-hydroxylation sites is 1. The van der Waals surface area contributed by atoms with Gasteiger partial charge in [0.15, 0.2) is 0 Å². The number of rotatable bonds is 5. The second-order valence-electron chi connectivity index (χ2n) is 4.32. The third-order valence-corrected chi connectivity index (χ3v) is 3.50. The summed E-state index contributed by atoms with van der Waals surface area (Å²) in [7, 11) is 1.85. The molecule has 6 nitrogen and oxygen atoms in total. The van der Waals surface area contributed by atoms with Crippen LogP contribution >= 0.6 is 23.5 Å². The largest absolute Gasteiger partial charge is 0.439 e. The van der Waals surface area contributed by atoms with E-state index in [1.165, 1.54) is 11.9 Å². The number of aromatic nitrogens is 4. The molecule has 8 heteroatoms. The van der Waals surface area contributed by atoms with Gasteiger partial charge in [-0.2, -0.15) is 10.1 Å². The Bertz CT molecular complexity index is 765. The van der Waals surface area contributed by atoms with Gasteiger partial charge in [0.2, 0.25) is 11.8 Å². The standard InChI is InChI=1S/C14H12ClN5OS/c1-20-9-11(8-16-20)22-19-14-17-12(15)7-13(18-14)21-10-5-3-2-4-6-10/h2-9H,1H3,(H,17,18,19). The average Bonchev–Trinajstić information content (AvgIpc) is 2.91. The maximum absolute atomic E-state index is 6.01. The van der Waals surface area contributed by atoms with Gasteiger partial charge in [-0.1, -0.05) is 29.8 Å². The molecule has 0 unspecified atom stereocenters. The van der Waals surface area contributed by atoms with Crippen molar-refractivity contribution in [3.63, 3.8) is 0 Å². The van der Waals surface area contributed by atoms with Crippen molar-refractivity contribution < 1.29 is 4.74 Å². The Kier molecular flexibility index (Phi) is 4.45. The van der Waals surface area contributed by atoms with Gasteiger partial charge in [-0.3, -0.25) is 9.40 Å². The number of nitrogens with zero attached hydrogens (tertiary/aromatic N) is 4. The van der Waals surface area contributed by atoms with Crippen LogP contribution in [0.3, 0.4) is 0 Å². The second-order valence-corrected chi connectivity index (χ2v) is 5.59. The molecule has 0 amide bonds. The first-order chi connectivity index (χ1) is 10.7. The maximum atomic E-state index is 6.01. The van der Waals surface area contributed by atoms with Crippen molar-refractivity contribution in [3.8, 4) is 11.6 Å². The van der Waals surface area contributed by atoms with Crippen molar-refractivity contribution in [1.29, 1.82) is 0 Å². The number of nitrogens with one attached hydrogen (secondary N) is 1. The summed E-state index contributed by atoms with van der Waals surface area (Å²) >= 11 is 7.35. The normalized spacial score (nSPS) is 10.5. The molecule has 3 aromatic rings. The fourth-order valence-electron chi connectivity index (χ4n) is 1.66. The molecule has 2 heterocycles. The van der Waals surface area contributed by atoms with Crippen LogP contribution in [0.2, 0.25) is 5.15 Å². The molecule has 0 aliphatic heterocycles. The van der Waals surface area contributed by atoms with E-state index in [9.17, 15) is 0 Å². The Hall–Kier alpha value is -2.25. The lowest BCUT2D eigenvalue weighted by Crippen LogP contribution is -1.97. The van der Waals surface area contributed by atoms with Crippen molar-refractivity contribution in [2.45, 2.75) is 4.90 Å². The first-order valence-electron chi connectivity index (χ1n) is 6.38. The highest BCUT2D eigenvalue weighted by Crippen LogP contribution is 2.25. The lowest BCUT2D eigenvalue weighted by molar-refractivity contribution is 0.462. The number of hydrogen-bond acceptors (Lipinski definition) is 6. The number of halogens is 1. The van der Waals surface area contributed by atoms with E-state index in [1.54, 1.807) is 16.9 Å². The van der Waals surface area contributed by atoms with Crippen LogP contribution in [-0.4, -0.2) is 19.7 Å². The van der Waals surface area contributed by atoms with Gasteiger partial charge in [-0.15, -0.1) is 0 Å². The fraction of sp³-hybridized carbons (Fsp3) is 0.0714. The van der Waals surface area contributed by atoms with Crippen LogP contribution in [-0.2, 0) is 7.05 Å². The molecule has 0 bridgehead atoms. The number of aryl methyl sites for hydroxylation is 1. The number of anilines is 1. The molecule has 0 aliphatic rings. The summed E-state index contributed by atoms with van der Waals surface area (Å²) in [4.78, 5) is 9.33. The molecule has 2 aromatic heterocycles. The number of ether oxygens (including phenoxy) is 1. The van der Waals surface area contributed by atoms with Gasteiger partial charge in [0.05, 0.1) is 11.1 Å². The molecule has 22 heavy (non-hydrogen) atoms. The zero-order valence-corrected chi connectivity index (χ0v) is 13.2. The predicted molar refractivity (Wildman–Crippen MR) is 86.2 cm³/mol. The SMILES string of the molecule is Cn1cc(SNc2nc(Cl)cc(Oc3ccccc3)n2)cn1. The van der Waals surface area contributed by atoms with Crippen molar-refractivity contribution in [2.24, 2.45) is 7.05 Å². The van der Waals surface area contributed by atoms with E-state index in [0.717, 1.165) is 4.90 Å². The van der Waals surface area contributed by atoms with Crippen molar-refractivity contribution in [1.82, 2.24) is 19.7 Å². The molecule has 0 aliphatic carbocycles.